The van der Waals surface area contributed by atoms with Crippen LogP contribution < -0.4 is 15.4 Å². The third-order valence-corrected chi connectivity index (χ3v) is 3.54. The van der Waals surface area contributed by atoms with Gasteiger partial charge in [0.1, 0.15) is 11.6 Å². The number of anilines is 2. The summed E-state index contributed by atoms with van der Waals surface area (Å²) >= 11 is 0. The van der Waals surface area contributed by atoms with Crippen molar-refractivity contribution < 1.29 is 18.7 Å². The van der Waals surface area contributed by atoms with Gasteiger partial charge >= 0.3 is 0 Å². The van der Waals surface area contributed by atoms with Crippen LogP contribution in [0.4, 0.5) is 15.8 Å². The minimum Gasteiger partial charge on any atom is -0.497 e. The van der Waals surface area contributed by atoms with Crippen LogP contribution in [-0.2, 0) is 0 Å². The van der Waals surface area contributed by atoms with Gasteiger partial charge in [-0.2, -0.15) is 5.10 Å². The number of hydrogen-bond donors (Lipinski definition) is 3. The van der Waals surface area contributed by atoms with Crippen LogP contribution in [0.3, 0.4) is 0 Å². The lowest BCUT2D eigenvalue weighted by Crippen LogP contribution is -2.18. The molecule has 2 aromatic carbocycles. The van der Waals surface area contributed by atoms with Crippen LogP contribution in [-0.4, -0.2) is 29.1 Å². The zero-order valence-electron chi connectivity index (χ0n) is 13.7. The molecule has 3 N–H and O–H groups in total. The second kappa shape index (κ2) is 7.47. The number of halogens is 1. The van der Waals surface area contributed by atoms with Crippen molar-refractivity contribution >= 4 is 23.2 Å². The Balaban J connectivity index is 1.74. The van der Waals surface area contributed by atoms with E-state index in [-0.39, 0.29) is 11.4 Å². The lowest BCUT2D eigenvalue weighted by Gasteiger charge is -2.07. The Kier molecular flexibility index (Phi) is 4.93. The largest absolute Gasteiger partial charge is 0.497 e. The number of amides is 2. The lowest BCUT2D eigenvalue weighted by atomic mass is 10.2. The second-order valence-electron chi connectivity index (χ2n) is 5.29. The lowest BCUT2D eigenvalue weighted by molar-refractivity contribution is 0.102. The van der Waals surface area contributed by atoms with Gasteiger partial charge in [-0.25, -0.2) is 4.39 Å². The van der Waals surface area contributed by atoms with E-state index >= 15 is 0 Å². The third kappa shape index (κ3) is 3.86. The summed E-state index contributed by atoms with van der Waals surface area (Å²) in [4.78, 5) is 24.7. The molecule has 0 bridgehead atoms. The molecular formula is C18H15FN4O3. The zero-order chi connectivity index (χ0) is 18.5. The van der Waals surface area contributed by atoms with E-state index in [0.29, 0.717) is 17.0 Å². The summed E-state index contributed by atoms with van der Waals surface area (Å²) in [6.45, 7) is 0. The van der Waals surface area contributed by atoms with Crippen molar-refractivity contribution in [1.29, 1.82) is 0 Å². The molecule has 0 fully saturated rings. The Morgan fingerprint density at radius 3 is 2.58 bits per heavy atom. The molecule has 1 aromatic heterocycles. The predicted molar refractivity (Wildman–Crippen MR) is 93.9 cm³/mol. The van der Waals surface area contributed by atoms with Gasteiger partial charge < -0.3 is 15.4 Å². The highest BCUT2D eigenvalue weighted by Crippen LogP contribution is 2.18. The third-order valence-electron chi connectivity index (χ3n) is 3.54. The van der Waals surface area contributed by atoms with E-state index < -0.39 is 17.6 Å². The Hall–Kier alpha value is -3.68. The van der Waals surface area contributed by atoms with Gasteiger partial charge in [0.25, 0.3) is 11.8 Å². The topological polar surface area (TPSA) is 96.1 Å². The van der Waals surface area contributed by atoms with E-state index in [4.69, 9.17) is 4.74 Å². The maximum Gasteiger partial charge on any atom is 0.278 e. The highest BCUT2D eigenvalue weighted by molar-refractivity contribution is 6.11. The summed E-state index contributed by atoms with van der Waals surface area (Å²) < 4.78 is 18.0. The minimum atomic E-state index is -0.543. The molecule has 3 rings (SSSR count). The Bertz CT molecular complexity index is 938. The predicted octanol–water partition coefficient (Wildman–Crippen LogP) is 3.06. The highest BCUT2D eigenvalue weighted by atomic mass is 19.1. The molecule has 132 valence electrons. The average Bonchev–Trinajstić information content (AvgIpc) is 3.12. The SMILES string of the molecule is COc1cccc(C(=O)Nc2c[nH]nc2C(=O)Nc2ccc(F)cc2)c1. The van der Waals surface area contributed by atoms with Gasteiger partial charge in [0.15, 0.2) is 5.69 Å². The molecule has 0 atom stereocenters. The number of ether oxygens (including phenoxy) is 1. The van der Waals surface area contributed by atoms with Crippen molar-refractivity contribution in [3.05, 3.63) is 71.8 Å². The van der Waals surface area contributed by atoms with E-state index in [0.717, 1.165) is 0 Å². The van der Waals surface area contributed by atoms with Gasteiger partial charge in [-0.1, -0.05) is 6.07 Å². The summed E-state index contributed by atoms with van der Waals surface area (Å²) in [5.41, 5.74) is 1.00. The first-order chi connectivity index (χ1) is 12.6. The van der Waals surface area contributed by atoms with Crippen LogP contribution in [0.15, 0.2) is 54.7 Å². The highest BCUT2D eigenvalue weighted by Gasteiger charge is 2.18. The number of aromatic amines is 1. The first-order valence-electron chi connectivity index (χ1n) is 7.63. The molecular weight excluding hydrogens is 339 g/mol. The van der Waals surface area contributed by atoms with Crippen molar-refractivity contribution in [3.8, 4) is 5.75 Å². The Morgan fingerprint density at radius 2 is 1.85 bits per heavy atom. The summed E-state index contributed by atoms with van der Waals surface area (Å²) in [6.07, 6.45) is 1.40. The minimum absolute atomic E-state index is 0.00516. The number of carbonyl (C=O) groups is 2. The number of nitrogens with one attached hydrogen (secondary N) is 3. The molecule has 3 aromatic rings. The number of hydrogen-bond acceptors (Lipinski definition) is 4. The number of benzene rings is 2. The molecule has 0 spiro atoms. The molecule has 7 nitrogen and oxygen atoms in total. The van der Waals surface area contributed by atoms with Crippen LogP contribution >= 0.6 is 0 Å². The van der Waals surface area contributed by atoms with E-state index in [1.54, 1.807) is 24.3 Å². The van der Waals surface area contributed by atoms with Crippen LogP contribution in [0.2, 0.25) is 0 Å². The van der Waals surface area contributed by atoms with E-state index in [1.807, 2.05) is 0 Å². The fraction of sp³-hybridized carbons (Fsp3) is 0.0556. The first kappa shape index (κ1) is 17.2. The van der Waals surface area contributed by atoms with E-state index in [1.165, 1.54) is 37.6 Å². The Morgan fingerprint density at radius 1 is 1.08 bits per heavy atom. The van der Waals surface area contributed by atoms with E-state index in [9.17, 15) is 14.0 Å². The van der Waals surface area contributed by atoms with Gasteiger partial charge in [0.05, 0.1) is 12.8 Å². The average molecular weight is 354 g/mol. The summed E-state index contributed by atoms with van der Waals surface area (Å²) in [5, 5.41) is 11.6. The quantitative estimate of drug-likeness (QED) is 0.656. The molecule has 0 saturated carbocycles. The zero-order valence-corrected chi connectivity index (χ0v) is 13.7. The molecule has 0 aliphatic heterocycles. The smallest absolute Gasteiger partial charge is 0.278 e. The van der Waals surface area contributed by atoms with Crippen molar-refractivity contribution in [1.82, 2.24) is 10.2 Å². The monoisotopic (exact) mass is 354 g/mol. The standard InChI is InChI=1S/C18H15FN4O3/c1-26-14-4-2-3-11(9-14)17(24)22-15-10-20-23-16(15)18(25)21-13-7-5-12(19)6-8-13/h2-10H,1H3,(H,20,23)(H,21,25)(H,22,24). The van der Waals surface area contributed by atoms with Crippen molar-refractivity contribution in [2.45, 2.75) is 0 Å². The van der Waals surface area contributed by atoms with Crippen molar-refractivity contribution in [2.24, 2.45) is 0 Å². The molecule has 0 aliphatic rings. The molecule has 0 radical (unpaired) electrons. The van der Waals surface area contributed by atoms with Gasteiger partial charge in [0.2, 0.25) is 0 Å². The number of methoxy groups -OCH3 is 1. The molecule has 26 heavy (non-hydrogen) atoms. The Labute approximate surface area is 148 Å². The maximum atomic E-state index is 12.9. The van der Waals surface area contributed by atoms with Crippen LogP contribution in [0, 0.1) is 5.82 Å². The molecule has 8 heteroatoms. The van der Waals surface area contributed by atoms with E-state index in [2.05, 4.69) is 20.8 Å². The van der Waals surface area contributed by atoms with Crippen LogP contribution in [0.25, 0.3) is 0 Å². The summed E-state index contributed by atoms with van der Waals surface area (Å²) in [7, 11) is 1.50. The fourth-order valence-electron chi connectivity index (χ4n) is 2.24. The second-order valence-corrected chi connectivity index (χ2v) is 5.29. The van der Waals surface area contributed by atoms with Gasteiger partial charge in [0, 0.05) is 17.4 Å². The molecule has 0 aliphatic carbocycles. The van der Waals surface area contributed by atoms with Gasteiger partial charge in [-0.05, 0) is 42.5 Å². The van der Waals surface area contributed by atoms with Gasteiger partial charge in [-0.3, -0.25) is 14.7 Å². The maximum absolute atomic E-state index is 12.9. The number of nitrogens with zero attached hydrogens (tertiary/aromatic N) is 1. The molecule has 0 unspecified atom stereocenters. The number of rotatable bonds is 5. The number of aromatic nitrogens is 2. The molecule has 2 amide bonds. The fourth-order valence-corrected chi connectivity index (χ4v) is 2.24. The first-order valence-corrected chi connectivity index (χ1v) is 7.63. The number of H-pyrrole nitrogens is 1. The summed E-state index contributed by atoms with van der Waals surface area (Å²) in [5.74, 6) is -0.826. The molecule has 0 saturated heterocycles. The van der Waals surface area contributed by atoms with Crippen molar-refractivity contribution in [2.75, 3.05) is 17.7 Å². The van der Waals surface area contributed by atoms with Crippen LogP contribution in [0.5, 0.6) is 5.75 Å². The number of carbonyl (C=O) groups excluding carboxylic acids is 2. The summed E-state index contributed by atoms with van der Waals surface area (Å²) in [6, 6.07) is 11.9. The van der Waals surface area contributed by atoms with Crippen molar-refractivity contribution in [3.63, 3.8) is 0 Å². The molecule has 1 heterocycles. The van der Waals surface area contributed by atoms with Crippen LogP contribution in [0.1, 0.15) is 20.8 Å². The normalized spacial score (nSPS) is 10.2. The van der Waals surface area contributed by atoms with Gasteiger partial charge in [-0.15, -0.1) is 0 Å².